The molecule has 24 heavy (non-hydrogen) atoms. The van der Waals surface area contributed by atoms with Gasteiger partial charge in [0.25, 0.3) is 0 Å². The van der Waals surface area contributed by atoms with Crippen molar-refractivity contribution in [2.45, 2.75) is 19.1 Å². The molecule has 1 aliphatic heterocycles. The maximum atomic E-state index is 10.4. The zero-order valence-electron chi connectivity index (χ0n) is 14.1. The van der Waals surface area contributed by atoms with Crippen LogP contribution in [0, 0.1) is 5.92 Å². The molecule has 6 heteroatoms. The molecule has 0 bridgehead atoms. The zero-order chi connectivity index (χ0) is 16.9. The summed E-state index contributed by atoms with van der Waals surface area (Å²) in [5, 5.41) is 10.4. The highest BCUT2D eigenvalue weighted by molar-refractivity contribution is 5.38. The van der Waals surface area contributed by atoms with Gasteiger partial charge in [0.05, 0.1) is 26.0 Å². The normalized spacial score (nSPS) is 21.0. The molecular weight excluding hydrogens is 306 g/mol. The Morgan fingerprint density at radius 3 is 2.50 bits per heavy atom. The lowest BCUT2D eigenvalue weighted by atomic mass is 10.0. The van der Waals surface area contributed by atoms with Gasteiger partial charge in [-0.2, -0.15) is 0 Å². The Labute approximate surface area is 142 Å². The summed E-state index contributed by atoms with van der Waals surface area (Å²) in [5.41, 5.74) is 2.03. The number of likely N-dealkylation sites (tertiary alicyclic amines) is 1. The van der Waals surface area contributed by atoms with Crippen molar-refractivity contribution in [2.24, 2.45) is 5.92 Å². The first-order valence-corrected chi connectivity index (χ1v) is 8.05. The van der Waals surface area contributed by atoms with E-state index in [2.05, 4.69) is 14.9 Å². The topological polar surface area (TPSA) is 67.7 Å². The lowest BCUT2D eigenvalue weighted by Crippen LogP contribution is -2.21. The molecule has 1 N–H and O–H groups in total. The first-order chi connectivity index (χ1) is 11.7. The Balaban J connectivity index is 1.65. The van der Waals surface area contributed by atoms with E-state index in [9.17, 15) is 5.11 Å². The molecule has 1 aromatic heterocycles. The molecule has 3 rings (SSSR count). The molecule has 0 unspecified atom stereocenters. The molecule has 2 atom stereocenters. The van der Waals surface area contributed by atoms with E-state index >= 15 is 0 Å². The van der Waals surface area contributed by atoms with Gasteiger partial charge < -0.3 is 14.6 Å². The number of ether oxygens (including phenoxy) is 2. The second-order valence-electron chi connectivity index (χ2n) is 6.14. The molecule has 128 valence electrons. The van der Waals surface area contributed by atoms with Gasteiger partial charge in [-0.15, -0.1) is 0 Å². The largest absolute Gasteiger partial charge is 0.497 e. The lowest BCUT2D eigenvalue weighted by Gasteiger charge is -2.17. The first-order valence-electron chi connectivity index (χ1n) is 8.05. The van der Waals surface area contributed by atoms with Crippen LogP contribution in [-0.2, 0) is 13.0 Å². The molecule has 1 aromatic carbocycles. The fourth-order valence-electron chi connectivity index (χ4n) is 3.19. The molecule has 1 aliphatic rings. The molecule has 0 saturated carbocycles. The molecule has 2 heterocycles. The maximum Gasteiger partial charge on any atom is 0.122 e. The molecule has 0 aliphatic carbocycles. The third kappa shape index (κ3) is 4.01. The first kappa shape index (κ1) is 16.7. The van der Waals surface area contributed by atoms with Gasteiger partial charge in [-0.05, 0) is 24.1 Å². The predicted octanol–water partition coefficient (Wildman–Crippen LogP) is 1.53. The van der Waals surface area contributed by atoms with E-state index in [0.717, 1.165) is 42.3 Å². The third-order valence-electron chi connectivity index (χ3n) is 4.39. The van der Waals surface area contributed by atoms with E-state index in [1.165, 1.54) is 0 Å². The Kier molecular flexibility index (Phi) is 5.27. The van der Waals surface area contributed by atoms with Crippen LogP contribution in [0.5, 0.6) is 11.5 Å². The van der Waals surface area contributed by atoms with E-state index in [1.54, 1.807) is 32.8 Å². The van der Waals surface area contributed by atoms with Crippen LogP contribution < -0.4 is 9.47 Å². The van der Waals surface area contributed by atoms with Gasteiger partial charge in [0.15, 0.2) is 0 Å². The van der Waals surface area contributed by atoms with Crippen LogP contribution in [-0.4, -0.2) is 53.4 Å². The van der Waals surface area contributed by atoms with Crippen LogP contribution >= 0.6 is 0 Å². The minimum Gasteiger partial charge on any atom is -0.497 e. The van der Waals surface area contributed by atoms with Crippen LogP contribution in [0.4, 0.5) is 0 Å². The Bertz CT molecular complexity index is 644. The van der Waals surface area contributed by atoms with Crippen molar-refractivity contribution in [3.05, 3.63) is 48.0 Å². The Morgan fingerprint density at radius 1 is 1.12 bits per heavy atom. The quantitative estimate of drug-likeness (QED) is 0.867. The molecule has 0 amide bonds. The third-order valence-corrected chi connectivity index (χ3v) is 4.39. The average molecular weight is 329 g/mol. The summed E-state index contributed by atoms with van der Waals surface area (Å²) >= 11 is 0. The van der Waals surface area contributed by atoms with Gasteiger partial charge in [-0.3, -0.25) is 14.9 Å². The van der Waals surface area contributed by atoms with Crippen molar-refractivity contribution < 1.29 is 14.6 Å². The van der Waals surface area contributed by atoms with E-state index in [-0.39, 0.29) is 12.0 Å². The number of aliphatic hydroxyl groups excluding tert-OH is 1. The van der Waals surface area contributed by atoms with Gasteiger partial charge in [-0.1, -0.05) is 0 Å². The highest BCUT2D eigenvalue weighted by atomic mass is 16.5. The number of benzene rings is 1. The van der Waals surface area contributed by atoms with Crippen molar-refractivity contribution >= 4 is 0 Å². The Hall–Kier alpha value is -2.18. The number of β-amino-alcohol motifs (C(OH)–C–C–N with tert-alkyl or cyclic N) is 1. The molecule has 6 nitrogen and oxygen atoms in total. The highest BCUT2D eigenvalue weighted by Crippen LogP contribution is 2.26. The number of rotatable bonds is 6. The van der Waals surface area contributed by atoms with Crippen molar-refractivity contribution in [1.82, 2.24) is 14.9 Å². The maximum absolute atomic E-state index is 10.4. The fourth-order valence-corrected chi connectivity index (χ4v) is 3.19. The fraction of sp³-hybridized carbons (Fsp3) is 0.444. The van der Waals surface area contributed by atoms with Gasteiger partial charge in [-0.25, -0.2) is 0 Å². The van der Waals surface area contributed by atoms with Crippen LogP contribution in [0.25, 0.3) is 0 Å². The average Bonchev–Trinajstić information content (AvgIpc) is 2.94. The number of aliphatic hydroxyl groups is 1. The van der Waals surface area contributed by atoms with Gasteiger partial charge in [0, 0.05) is 50.2 Å². The molecule has 2 aromatic rings. The number of hydrogen-bond donors (Lipinski definition) is 1. The lowest BCUT2D eigenvalue weighted by molar-refractivity contribution is 0.140. The summed E-state index contributed by atoms with van der Waals surface area (Å²) in [6.07, 6.45) is 5.52. The van der Waals surface area contributed by atoms with E-state index in [1.807, 2.05) is 18.2 Å². The van der Waals surface area contributed by atoms with Crippen LogP contribution in [0.15, 0.2) is 36.8 Å². The van der Waals surface area contributed by atoms with Crippen molar-refractivity contribution in [1.29, 1.82) is 0 Å². The van der Waals surface area contributed by atoms with E-state index in [0.29, 0.717) is 6.54 Å². The van der Waals surface area contributed by atoms with Crippen LogP contribution in [0.3, 0.4) is 0 Å². The van der Waals surface area contributed by atoms with Gasteiger partial charge >= 0.3 is 0 Å². The monoisotopic (exact) mass is 329 g/mol. The SMILES string of the molecule is COc1cc(CN2C[C@@H](Cc3cnccn3)[C@H](O)C2)cc(OC)c1. The number of methoxy groups -OCH3 is 2. The summed E-state index contributed by atoms with van der Waals surface area (Å²) in [5.74, 6) is 1.73. The molecule has 1 saturated heterocycles. The van der Waals surface area contributed by atoms with Crippen molar-refractivity contribution in [2.75, 3.05) is 27.3 Å². The summed E-state index contributed by atoms with van der Waals surface area (Å²) < 4.78 is 10.6. The summed E-state index contributed by atoms with van der Waals surface area (Å²) in [6, 6.07) is 5.87. The minimum atomic E-state index is -0.348. The van der Waals surface area contributed by atoms with Crippen LogP contribution in [0.2, 0.25) is 0 Å². The smallest absolute Gasteiger partial charge is 0.122 e. The van der Waals surface area contributed by atoms with Gasteiger partial charge in [0.1, 0.15) is 11.5 Å². The summed E-state index contributed by atoms with van der Waals surface area (Å²) in [7, 11) is 3.30. The number of nitrogens with zero attached hydrogens (tertiary/aromatic N) is 3. The second-order valence-corrected chi connectivity index (χ2v) is 6.14. The highest BCUT2D eigenvalue weighted by Gasteiger charge is 2.31. The molecule has 0 radical (unpaired) electrons. The van der Waals surface area contributed by atoms with E-state index < -0.39 is 0 Å². The van der Waals surface area contributed by atoms with Crippen molar-refractivity contribution in [3.63, 3.8) is 0 Å². The predicted molar refractivity (Wildman–Crippen MR) is 90.1 cm³/mol. The van der Waals surface area contributed by atoms with Gasteiger partial charge in [0.2, 0.25) is 0 Å². The van der Waals surface area contributed by atoms with E-state index in [4.69, 9.17) is 9.47 Å². The Morgan fingerprint density at radius 2 is 1.88 bits per heavy atom. The molecule has 0 spiro atoms. The minimum absolute atomic E-state index is 0.175. The number of aromatic nitrogens is 2. The zero-order valence-corrected chi connectivity index (χ0v) is 14.1. The summed E-state index contributed by atoms with van der Waals surface area (Å²) in [6.45, 7) is 2.24. The van der Waals surface area contributed by atoms with Crippen LogP contribution in [0.1, 0.15) is 11.3 Å². The number of hydrogen-bond acceptors (Lipinski definition) is 6. The second kappa shape index (κ2) is 7.59. The summed E-state index contributed by atoms with van der Waals surface area (Å²) in [4.78, 5) is 10.6. The van der Waals surface area contributed by atoms with Crippen molar-refractivity contribution in [3.8, 4) is 11.5 Å². The molecule has 1 fully saturated rings. The molecular formula is C18H23N3O3. The standard InChI is InChI=1S/C18H23N3O3/c1-23-16-5-13(6-17(8-16)24-2)10-21-11-14(18(22)12-21)7-15-9-19-3-4-20-15/h3-6,8-9,14,18,22H,7,10-12H2,1-2H3/t14-,18-/m1/s1.